The average molecular weight is 229 g/mol. The molecule has 0 N–H and O–H groups in total. The van der Waals surface area contributed by atoms with Crippen molar-refractivity contribution in [1.29, 1.82) is 0 Å². The van der Waals surface area contributed by atoms with Gasteiger partial charge in [0.05, 0.1) is 6.26 Å². The van der Waals surface area contributed by atoms with Crippen LogP contribution in [0.2, 0.25) is 0 Å². The molecular formula is C9H9BrO2. The van der Waals surface area contributed by atoms with Crippen LogP contribution in [0.1, 0.15) is 30.7 Å². The number of fused-ring (bicyclic) bond motifs is 3. The van der Waals surface area contributed by atoms with Crippen LogP contribution in [0.4, 0.5) is 0 Å². The van der Waals surface area contributed by atoms with Gasteiger partial charge in [0.15, 0.2) is 5.75 Å². The first-order valence-corrected chi connectivity index (χ1v) is 5.09. The zero-order valence-electron chi connectivity index (χ0n) is 6.55. The number of hydrogen-bond donors (Lipinski definition) is 0. The lowest BCUT2D eigenvalue weighted by molar-refractivity contribution is 0.217. The molecule has 0 radical (unpaired) electrons. The molecule has 0 saturated heterocycles. The molecule has 0 bridgehead atoms. The summed E-state index contributed by atoms with van der Waals surface area (Å²) in [5, 5.41) is 0. The van der Waals surface area contributed by atoms with E-state index in [2.05, 4.69) is 15.9 Å². The van der Waals surface area contributed by atoms with E-state index >= 15 is 0 Å². The first kappa shape index (κ1) is 7.01. The molecule has 12 heavy (non-hydrogen) atoms. The Morgan fingerprint density at radius 3 is 3.25 bits per heavy atom. The average Bonchev–Trinajstić information content (AvgIpc) is 2.63. The summed E-state index contributed by atoms with van der Waals surface area (Å²) in [4.78, 5) is 0. The van der Waals surface area contributed by atoms with Crippen molar-refractivity contribution >= 4 is 15.9 Å². The van der Waals surface area contributed by atoms with Crippen LogP contribution in [-0.2, 0) is 0 Å². The minimum atomic E-state index is 0.433. The minimum absolute atomic E-state index is 0.433. The minimum Gasteiger partial charge on any atom is -0.485 e. The maximum atomic E-state index is 5.76. The molecule has 2 atom stereocenters. The Bertz CT molecular complexity index is 318. The van der Waals surface area contributed by atoms with E-state index in [4.69, 9.17) is 9.15 Å². The third-order valence-electron chi connectivity index (χ3n) is 2.85. The standard InChI is InChI=1S/C9H9BrO2/c10-9-8-6(4-11-9)5-2-1-3-7(5)12-8/h4-5,7H,1-3H2. The van der Waals surface area contributed by atoms with E-state index in [0.717, 1.165) is 10.4 Å². The highest BCUT2D eigenvalue weighted by molar-refractivity contribution is 9.10. The highest BCUT2D eigenvalue weighted by Gasteiger charge is 2.40. The van der Waals surface area contributed by atoms with Crippen molar-refractivity contribution in [2.24, 2.45) is 0 Å². The Kier molecular flexibility index (Phi) is 1.33. The quantitative estimate of drug-likeness (QED) is 0.682. The fourth-order valence-corrected chi connectivity index (χ4v) is 2.70. The summed E-state index contributed by atoms with van der Waals surface area (Å²) in [7, 11) is 0. The Morgan fingerprint density at radius 2 is 2.33 bits per heavy atom. The lowest BCUT2D eigenvalue weighted by atomic mass is 10.0. The van der Waals surface area contributed by atoms with E-state index in [9.17, 15) is 0 Å². The van der Waals surface area contributed by atoms with Gasteiger partial charge in [-0.3, -0.25) is 0 Å². The van der Waals surface area contributed by atoms with Crippen molar-refractivity contribution < 1.29 is 9.15 Å². The van der Waals surface area contributed by atoms with E-state index in [0.29, 0.717) is 12.0 Å². The van der Waals surface area contributed by atoms with Gasteiger partial charge in [-0.25, -0.2) is 0 Å². The number of hydrogen-bond acceptors (Lipinski definition) is 2. The molecule has 1 fully saturated rings. The van der Waals surface area contributed by atoms with Gasteiger partial charge in [-0.2, -0.15) is 0 Å². The van der Waals surface area contributed by atoms with Gasteiger partial charge in [-0.1, -0.05) is 0 Å². The Hall–Kier alpha value is -0.440. The van der Waals surface area contributed by atoms with E-state index in [-0.39, 0.29) is 0 Å². The summed E-state index contributed by atoms with van der Waals surface area (Å²) < 4.78 is 11.8. The highest BCUT2D eigenvalue weighted by Crippen LogP contribution is 2.50. The van der Waals surface area contributed by atoms with Crippen LogP contribution < -0.4 is 4.74 Å². The molecule has 3 heteroatoms. The largest absolute Gasteiger partial charge is 0.485 e. The van der Waals surface area contributed by atoms with Gasteiger partial charge >= 0.3 is 0 Å². The molecule has 1 aliphatic heterocycles. The summed E-state index contributed by atoms with van der Waals surface area (Å²) in [6.07, 6.45) is 6.00. The van der Waals surface area contributed by atoms with Crippen LogP contribution in [0.5, 0.6) is 5.75 Å². The first-order valence-electron chi connectivity index (χ1n) is 4.30. The predicted octanol–water partition coefficient (Wildman–Crippen LogP) is 3.07. The molecule has 2 aliphatic rings. The monoisotopic (exact) mass is 228 g/mol. The van der Waals surface area contributed by atoms with Crippen LogP contribution in [0.25, 0.3) is 0 Å². The van der Waals surface area contributed by atoms with E-state index < -0.39 is 0 Å². The fraction of sp³-hybridized carbons (Fsp3) is 0.556. The second-order valence-electron chi connectivity index (χ2n) is 3.49. The molecule has 0 spiro atoms. The topological polar surface area (TPSA) is 22.4 Å². The van der Waals surface area contributed by atoms with Crippen molar-refractivity contribution in [2.45, 2.75) is 31.3 Å². The van der Waals surface area contributed by atoms with Crippen molar-refractivity contribution in [3.05, 3.63) is 16.5 Å². The molecule has 2 heterocycles. The lowest BCUT2D eigenvalue weighted by Gasteiger charge is -2.07. The number of furan rings is 1. The Morgan fingerprint density at radius 1 is 1.42 bits per heavy atom. The van der Waals surface area contributed by atoms with Crippen molar-refractivity contribution in [1.82, 2.24) is 0 Å². The normalized spacial score (nSPS) is 31.4. The van der Waals surface area contributed by atoms with Crippen molar-refractivity contribution in [3.8, 4) is 5.75 Å². The Labute approximate surface area is 79.0 Å². The molecular weight excluding hydrogens is 220 g/mol. The third-order valence-corrected chi connectivity index (χ3v) is 3.40. The summed E-state index contributed by atoms with van der Waals surface area (Å²) in [6.45, 7) is 0. The van der Waals surface area contributed by atoms with Crippen LogP contribution in [0, 0.1) is 0 Å². The van der Waals surface area contributed by atoms with Gasteiger partial charge in [-0.05, 0) is 35.2 Å². The number of halogens is 1. The molecule has 1 aliphatic carbocycles. The van der Waals surface area contributed by atoms with Gasteiger partial charge in [0.1, 0.15) is 6.10 Å². The molecule has 2 unspecified atom stereocenters. The molecule has 1 aromatic rings. The third kappa shape index (κ3) is 0.750. The van der Waals surface area contributed by atoms with Crippen LogP contribution in [0.3, 0.4) is 0 Å². The van der Waals surface area contributed by atoms with Gasteiger partial charge in [0, 0.05) is 11.5 Å². The first-order chi connectivity index (χ1) is 5.86. The summed E-state index contributed by atoms with van der Waals surface area (Å²) in [5.41, 5.74) is 1.27. The molecule has 1 saturated carbocycles. The van der Waals surface area contributed by atoms with Crippen LogP contribution >= 0.6 is 15.9 Å². The smallest absolute Gasteiger partial charge is 0.211 e. The maximum Gasteiger partial charge on any atom is 0.211 e. The highest BCUT2D eigenvalue weighted by atomic mass is 79.9. The van der Waals surface area contributed by atoms with Gasteiger partial charge < -0.3 is 9.15 Å². The molecule has 0 aromatic carbocycles. The van der Waals surface area contributed by atoms with E-state index in [1.54, 1.807) is 0 Å². The zero-order valence-corrected chi connectivity index (χ0v) is 8.13. The molecule has 0 amide bonds. The maximum absolute atomic E-state index is 5.76. The van der Waals surface area contributed by atoms with E-state index in [1.165, 1.54) is 24.8 Å². The number of ether oxygens (including phenoxy) is 1. The van der Waals surface area contributed by atoms with Gasteiger partial charge in [0.2, 0.25) is 4.67 Å². The molecule has 3 rings (SSSR count). The van der Waals surface area contributed by atoms with E-state index in [1.807, 2.05) is 6.26 Å². The second kappa shape index (κ2) is 2.28. The van der Waals surface area contributed by atoms with Crippen LogP contribution in [0.15, 0.2) is 15.3 Å². The molecule has 64 valence electrons. The van der Waals surface area contributed by atoms with Crippen LogP contribution in [-0.4, -0.2) is 6.10 Å². The summed E-state index contributed by atoms with van der Waals surface area (Å²) >= 11 is 3.33. The predicted molar refractivity (Wildman–Crippen MR) is 47.4 cm³/mol. The molecule has 2 nitrogen and oxygen atoms in total. The Balaban J connectivity index is 2.09. The summed E-state index contributed by atoms with van der Waals surface area (Å²) in [6, 6.07) is 0. The fourth-order valence-electron chi connectivity index (χ4n) is 2.28. The summed E-state index contributed by atoms with van der Waals surface area (Å²) in [5.74, 6) is 1.56. The van der Waals surface area contributed by atoms with Crippen molar-refractivity contribution in [2.75, 3.05) is 0 Å². The number of rotatable bonds is 0. The zero-order chi connectivity index (χ0) is 8.13. The second-order valence-corrected chi connectivity index (χ2v) is 4.21. The van der Waals surface area contributed by atoms with Gasteiger partial charge in [0.25, 0.3) is 0 Å². The molecule has 1 aromatic heterocycles. The SMILES string of the molecule is Brc1occ2c1OC1CCCC21. The van der Waals surface area contributed by atoms with Gasteiger partial charge in [-0.15, -0.1) is 0 Å². The van der Waals surface area contributed by atoms with Crippen molar-refractivity contribution in [3.63, 3.8) is 0 Å². The lowest BCUT2D eigenvalue weighted by Crippen LogP contribution is -2.11.